The molecule has 0 saturated carbocycles. The molecule has 0 unspecified atom stereocenters. The Morgan fingerprint density at radius 1 is 1.48 bits per heavy atom. The van der Waals surface area contributed by atoms with E-state index in [-0.39, 0.29) is 11.6 Å². The second kappa shape index (κ2) is 7.75. The number of amides is 1. The molecule has 1 aliphatic rings. The summed E-state index contributed by atoms with van der Waals surface area (Å²) < 4.78 is 5.35. The first kappa shape index (κ1) is 17.0. The van der Waals surface area contributed by atoms with Crippen LogP contribution in [-0.4, -0.2) is 42.0 Å². The summed E-state index contributed by atoms with van der Waals surface area (Å²) in [6.07, 6.45) is 6.85. The molecular weight excluding hydrogens is 296 g/mol. The van der Waals surface area contributed by atoms with E-state index >= 15 is 0 Å². The van der Waals surface area contributed by atoms with Gasteiger partial charge in [0.25, 0.3) is 11.6 Å². The van der Waals surface area contributed by atoms with Gasteiger partial charge in [-0.3, -0.25) is 14.9 Å². The van der Waals surface area contributed by atoms with Gasteiger partial charge in [0, 0.05) is 30.3 Å². The number of nitrogens with zero attached hydrogens (tertiary/aromatic N) is 2. The van der Waals surface area contributed by atoms with Gasteiger partial charge in [-0.1, -0.05) is 12.0 Å². The molecule has 1 saturated heterocycles. The number of terminal acetylenes is 1. The number of rotatable bonds is 5. The lowest BCUT2D eigenvalue weighted by Gasteiger charge is -2.32. The fraction of sp³-hybridized carbons (Fsp3) is 0.471. The van der Waals surface area contributed by atoms with Crippen LogP contribution in [-0.2, 0) is 4.74 Å². The van der Waals surface area contributed by atoms with Crippen LogP contribution in [0, 0.1) is 35.3 Å². The molecule has 1 amide bonds. The van der Waals surface area contributed by atoms with Crippen molar-refractivity contribution in [2.45, 2.75) is 19.8 Å². The van der Waals surface area contributed by atoms with Gasteiger partial charge in [0.1, 0.15) is 6.61 Å². The fourth-order valence-corrected chi connectivity index (χ4v) is 2.81. The number of likely N-dealkylation sites (tertiary alicyclic amines) is 1. The van der Waals surface area contributed by atoms with Crippen molar-refractivity contribution in [1.82, 2.24) is 4.90 Å². The molecular formula is C17H20N2O4. The summed E-state index contributed by atoms with van der Waals surface area (Å²) in [4.78, 5) is 24.9. The van der Waals surface area contributed by atoms with Crippen LogP contribution in [0.5, 0.6) is 0 Å². The molecule has 0 aliphatic carbocycles. The molecule has 1 aliphatic heterocycles. The molecule has 0 aromatic heterocycles. The van der Waals surface area contributed by atoms with E-state index in [1.807, 2.05) is 0 Å². The van der Waals surface area contributed by atoms with Crippen molar-refractivity contribution in [2.75, 3.05) is 26.3 Å². The highest BCUT2D eigenvalue weighted by atomic mass is 16.6. The molecule has 0 spiro atoms. The highest BCUT2D eigenvalue weighted by Gasteiger charge is 2.26. The molecule has 6 heteroatoms. The molecule has 2 rings (SSSR count). The van der Waals surface area contributed by atoms with Crippen LogP contribution in [0.4, 0.5) is 5.69 Å². The van der Waals surface area contributed by atoms with Crippen LogP contribution in [0.1, 0.15) is 28.8 Å². The lowest BCUT2D eigenvalue weighted by molar-refractivity contribution is -0.385. The number of benzene rings is 1. The molecule has 122 valence electrons. The summed E-state index contributed by atoms with van der Waals surface area (Å²) in [5, 5.41) is 11.0. The van der Waals surface area contributed by atoms with Crippen molar-refractivity contribution in [3.8, 4) is 12.3 Å². The predicted octanol–water partition coefficient (Wildman–Crippen LogP) is 2.41. The number of ether oxygens (including phenoxy) is 1. The first-order valence-electron chi connectivity index (χ1n) is 7.59. The zero-order chi connectivity index (χ0) is 16.8. The first-order chi connectivity index (χ1) is 11.0. The summed E-state index contributed by atoms with van der Waals surface area (Å²) in [5.41, 5.74) is 0.802. The van der Waals surface area contributed by atoms with Crippen LogP contribution in [0.15, 0.2) is 18.2 Å². The van der Waals surface area contributed by atoms with Crippen LogP contribution >= 0.6 is 0 Å². The third kappa shape index (κ3) is 4.08. The first-order valence-corrected chi connectivity index (χ1v) is 7.59. The van der Waals surface area contributed by atoms with Crippen molar-refractivity contribution >= 4 is 11.6 Å². The van der Waals surface area contributed by atoms with E-state index in [1.54, 1.807) is 24.0 Å². The molecule has 6 nitrogen and oxygen atoms in total. The minimum absolute atomic E-state index is 0.0200. The zero-order valence-corrected chi connectivity index (χ0v) is 13.2. The average molecular weight is 316 g/mol. The number of hydrogen-bond donors (Lipinski definition) is 0. The maximum atomic E-state index is 12.6. The fourth-order valence-electron chi connectivity index (χ4n) is 2.81. The summed E-state index contributed by atoms with van der Waals surface area (Å²) >= 11 is 0. The van der Waals surface area contributed by atoms with Crippen molar-refractivity contribution in [1.29, 1.82) is 0 Å². The number of nitro benzene ring substituents is 1. The molecule has 1 aromatic carbocycles. The number of carbonyl (C=O) groups is 1. The van der Waals surface area contributed by atoms with Gasteiger partial charge < -0.3 is 9.64 Å². The second-order valence-corrected chi connectivity index (χ2v) is 5.66. The Hall–Kier alpha value is -2.39. The molecule has 0 bridgehead atoms. The number of hydrogen-bond acceptors (Lipinski definition) is 4. The second-order valence-electron chi connectivity index (χ2n) is 5.66. The predicted molar refractivity (Wildman–Crippen MR) is 86.1 cm³/mol. The smallest absolute Gasteiger partial charge is 0.273 e. The van der Waals surface area contributed by atoms with Crippen LogP contribution in [0.25, 0.3) is 0 Å². The van der Waals surface area contributed by atoms with Crippen molar-refractivity contribution in [3.05, 3.63) is 39.4 Å². The highest BCUT2D eigenvalue weighted by Crippen LogP contribution is 2.24. The van der Waals surface area contributed by atoms with Gasteiger partial charge in [-0.25, -0.2) is 0 Å². The van der Waals surface area contributed by atoms with E-state index < -0.39 is 4.92 Å². The van der Waals surface area contributed by atoms with Gasteiger partial charge in [0.05, 0.1) is 11.5 Å². The van der Waals surface area contributed by atoms with Crippen molar-refractivity contribution < 1.29 is 14.5 Å². The van der Waals surface area contributed by atoms with E-state index in [4.69, 9.17) is 11.2 Å². The molecule has 1 heterocycles. The molecule has 0 radical (unpaired) electrons. The van der Waals surface area contributed by atoms with Gasteiger partial charge >= 0.3 is 0 Å². The van der Waals surface area contributed by atoms with E-state index in [2.05, 4.69) is 5.92 Å². The van der Waals surface area contributed by atoms with Gasteiger partial charge in [0.15, 0.2) is 0 Å². The zero-order valence-electron chi connectivity index (χ0n) is 13.2. The van der Waals surface area contributed by atoms with Gasteiger partial charge in [-0.05, 0) is 31.7 Å². The standard InChI is InChI=1S/C17H20N2O4/c1-3-11-23-12-14-7-9-18(10-8-14)17(20)15-5-4-6-16(13(15)2)19(21)22/h1,4-6,14H,7-12H2,2H3. The minimum Gasteiger partial charge on any atom is -0.369 e. The Balaban J connectivity index is 1.99. The molecule has 23 heavy (non-hydrogen) atoms. The average Bonchev–Trinajstić information content (AvgIpc) is 2.55. The van der Waals surface area contributed by atoms with Gasteiger partial charge in [-0.15, -0.1) is 6.42 Å². The molecule has 0 atom stereocenters. The summed E-state index contributed by atoms with van der Waals surface area (Å²) in [5.74, 6) is 2.69. The quantitative estimate of drug-likeness (QED) is 0.362. The normalized spacial score (nSPS) is 15.2. The molecule has 1 aromatic rings. The Morgan fingerprint density at radius 2 is 2.17 bits per heavy atom. The molecule has 0 N–H and O–H groups in total. The van der Waals surface area contributed by atoms with E-state index in [9.17, 15) is 14.9 Å². The number of carbonyl (C=O) groups excluding carboxylic acids is 1. The lowest BCUT2D eigenvalue weighted by atomic mass is 9.96. The Morgan fingerprint density at radius 3 is 2.78 bits per heavy atom. The largest absolute Gasteiger partial charge is 0.369 e. The monoisotopic (exact) mass is 316 g/mol. The Bertz CT molecular complexity index is 628. The van der Waals surface area contributed by atoms with Gasteiger partial charge in [-0.2, -0.15) is 0 Å². The van der Waals surface area contributed by atoms with Crippen LogP contribution in [0.2, 0.25) is 0 Å². The van der Waals surface area contributed by atoms with Crippen LogP contribution < -0.4 is 0 Å². The SMILES string of the molecule is C#CCOCC1CCN(C(=O)c2cccc([N+](=O)[O-])c2C)CC1. The summed E-state index contributed by atoms with van der Waals surface area (Å²) in [7, 11) is 0. The van der Waals surface area contributed by atoms with E-state index in [0.717, 1.165) is 12.8 Å². The maximum absolute atomic E-state index is 12.6. The number of nitro groups is 1. The minimum atomic E-state index is -0.457. The highest BCUT2D eigenvalue weighted by molar-refractivity contribution is 5.96. The van der Waals surface area contributed by atoms with E-state index in [0.29, 0.717) is 43.3 Å². The van der Waals surface area contributed by atoms with Crippen molar-refractivity contribution in [2.24, 2.45) is 5.92 Å². The topological polar surface area (TPSA) is 72.7 Å². The number of piperidine rings is 1. The van der Waals surface area contributed by atoms with Crippen LogP contribution in [0.3, 0.4) is 0 Å². The Labute approximate surface area is 135 Å². The Kier molecular flexibility index (Phi) is 5.72. The van der Waals surface area contributed by atoms with E-state index in [1.165, 1.54) is 6.07 Å². The molecule has 1 fully saturated rings. The summed E-state index contributed by atoms with van der Waals surface area (Å²) in [6.45, 7) is 3.80. The van der Waals surface area contributed by atoms with Gasteiger partial charge in [0.2, 0.25) is 0 Å². The lowest BCUT2D eigenvalue weighted by Crippen LogP contribution is -2.39. The third-order valence-electron chi connectivity index (χ3n) is 4.17. The maximum Gasteiger partial charge on any atom is 0.273 e. The summed E-state index contributed by atoms with van der Waals surface area (Å²) in [6, 6.07) is 4.62. The van der Waals surface area contributed by atoms with Crippen molar-refractivity contribution in [3.63, 3.8) is 0 Å². The third-order valence-corrected chi connectivity index (χ3v) is 4.17.